The number of nitrogens with zero attached hydrogens (tertiary/aromatic N) is 1. The molecule has 0 aliphatic carbocycles. The van der Waals surface area contributed by atoms with Crippen molar-refractivity contribution in [2.45, 2.75) is 75.2 Å². The van der Waals surface area contributed by atoms with Crippen LogP contribution in [0.5, 0.6) is 0 Å². The molecule has 7 atom stereocenters. The molecule has 3 unspecified atom stereocenters. The fourth-order valence-corrected chi connectivity index (χ4v) is 6.93. The highest BCUT2D eigenvalue weighted by Crippen LogP contribution is 2.60. The van der Waals surface area contributed by atoms with E-state index in [1.54, 1.807) is 12.1 Å². The van der Waals surface area contributed by atoms with E-state index in [1.807, 2.05) is 45.9 Å². The van der Waals surface area contributed by atoms with Gasteiger partial charge in [0.25, 0.3) is 0 Å². The number of hydrogen-bond acceptors (Lipinski definition) is 5. The van der Waals surface area contributed by atoms with E-state index in [2.05, 4.69) is 26.6 Å². The number of anilines is 1. The maximum Gasteiger partial charge on any atom is 0.246 e. The molecule has 1 aromatic carbocycles. The molecule has 3 amide bonds. The Morgan fingerprint density at radius 2 is 1.88 bits per heavy atom. The van der Waals surface area contributed by atoms with Crippen molar-refractivity contribution < 1.29 is 24.2 Å². The quantitative estimate of drug-likeness (QED) is 0.442. The number of hydrogen-bond donors (Lipinski definition) is 3. The van der Waals surface area contributed by atoms with Gasteiger partial charge >= 0.3 is 0 Å². The second-order valence-corrected chi connectivity index (χ2v) is 11.6. The van der Waals surface area contributed by atoms with Crippen LogP contribution in [0.4, 0.5) is 5.69 Å². The van der Waals surface area contributed by atoms with Crippen LogP contribution in [0.1, 0.15) is 40.5 Å². The van der Waals surface area contributed by atoms with E-state index in [0.29, 0.717) is 18.5 Å². The van der Waals surface area contributed by atoms with Gasteiger partial charge in [0.2, 0.25) is 17.7 Å². The minimum Gasteiger partial charge on any atom is -0.394 e. The predicted molar refractivity (Wildman–Crippen MR) is 131 cm³/mol. The first-order valence-corrected chi connectivity index (χ1v) is 12.9. The van der Waals surface area contributed by atoms with Gasteiger partial charge in [-0.2, -0.15) is 0 Å². The zero-order valence-electron chi connectivity index (χ0n) is 20.0. The Hall–Kier alpha value is -1.97. The largest absolute Gasteiger partial charge is 0.394 e. The molecule has 0 saturated carbocycles. The van der Waals surface area contributed by atoms with Crippen molar-refractivity contribution in [2.75, 3.05) is 11.9 Å². The minimum atomic E-state index is -1.13. The number of amides is 3. The van der Waals surface area contributed by atoms with Crippen LogP contribution in [0.15, 0.2) is 30.3 Å². The van der Waals surface area contributed by atoms with E-state index in [0.717, 1.165) is 0 Å². The van der Waals surface area contributed by atoms with Gasteiger partial charge in [-0.15, -0.1) is 0 Å². The third-order valence-electron chi connectivity index (χ3n) is 7.10. The van der Waals surface area contributed by atoms with Crippen molar-refractivity contribution >= 4 is 39.3 Å². The van der Waals surface area contributed by atoms with Crippen LogP contribution < -0.4 is 10.6 Å². The summed E-state index contributed by atoms with van der Waals surface area (Å²) >= 11 is 3.67. The summed E-state index contributed by atoms with van der Waals surface area (Å²) in [5.41, 5.74) is -0.488. The highest BCUT2D eigenvalue weighted by Gasteiger charge is 2.77. The number of benzene rings is 1. The van der Waals surface area contributed by atoms with Gasteiger partial charge in [-0.25, -0.2) is 0 Å². The highest BCUT2D eigenvalue weighted by molar-refractivity contribution is 9.09. The lowest BCUT2D eigenvalue weighted by molar-refractivity contribution is -0.145. The molecule has 1 spiro atoms. The number of rotatable bonds is 8. The maximum absolute atomic E-state index is 14.0. The van der Waals surface area contributed by atoms with E-state index < -0.39 is 35.6 Å². The monoisotopic (exact) mass is 535 g/mol. The van der Waals surface area contributed by atoms with E-state index in [-0.39, 0.29) is 41.1 Å². The van der Waals surface area contributed by atoms with E-state index in [4.69, 9.17) is 4.74 Å². The number of alkyl halides is 1. The molecule has 8 nitrogen and oxygen atoms in total. The maximum atomic E-state index is 14.0. The molecule has 1 aromatic rings. The first-order valence-electron chi connectivity index (χ1n) is 12.0. The van der Waals surface area contributed by atoms with Gasteiger partial charge in [0.05, 0.1) is 30.6 Å². The number of aliphatic hydroxyl groups is 1. The smallest absolute Gasteiger partial charge is 0.246 e. The minimum absolute atomic E-state index is 0.131. The lowest BCUT2D eigenvalue weighted by Gasteiger charge is -2.37. The fraction of sp³-hybridized carbons (Fsp3) is 0.640. The summed E-state index contributed by atoms with van der Waals surface area (Å²) < 4.78 is 6.47. The molecular weight excluding hydrogens is 502 g/mol. The molecule has 3 heterocycles. The number of carbonyl (C=O) groups is 3. The van der Waals surface area contributed by atoms with Gasteiger partial charge in [0.15, 0.2) is 0 Å². The molecule has 0 radical (unpaired) electrons. The zero-order valence-corrected chi connectivity index (χ0v) is 21.6. The molecule has 3 aliphatic heterocycles. The number of nitrogens with one attached hydrogen (secondary N) is 2. The van der Waals surface area contributed by atoms with Crippen molar-refractivity contribution in [1.82, 2.24) is 10.2 Å². The van der Waals surface area contributed by atoms with Crippen LogP contribution in [-0.4, -0.2) is 69.0 Å². The van der Waals surface area contributed by atoms with Crippen molar-refractivity contribution in [3.8, 4) is 0 Å². The molecule has 3 aliphatic rings. The van der Waals surface area contributed by atoms with E-state index in [9.17, 15) is 19.5 Å². The van der Waals surface area contributed by atoms with Crippen molar-refractivity contribution in [2.24, 2.45) is 17.8 Å². The van der Waals surface area contributed by atoms with Crippen LogP contribution in [0.2, 0.25) is 0 Å². The Bertz CT molecular complexity index is 942. The van der Waals surface area contributed by atoms with Gasteiger partial charge in [-0.3, -0.25) is 14.4 Å². The molecule has 186 valence electrons. The van der Waals surface area contributed by atoms with Crippen LogP contribution >= 0.6 is 15.9 Å². The Morgan fingerprint density at radius 1 is 1.21 bits per heavy atom. The molecule has 0 aromatic heterocycles. The lowest BCUT2D eigenvalue weighted by atomic mass is 9.70. The van der Waals surface area contributed by atoms with Gasteiger partial charge in [0, 0.05) is 16.6 Å². The summed E-state index contributed by atoms with van der Waals surface area (Å²) in [6.07, 6.45) is 0.459. The fourth-order valence-electron chi connectivity index (χ4n) is 5.99. The summed E-state index contributed by atoms with van der Waals surface area (Å²) in [4.78, 5) is 42.4. The number of halogens is 1. The summed E-state index contributed by atoms with van der Waals surface area (Å²) in [6, 6.07) is 7.52. The Balaban J connectivity index is 1.74. The van der Waals surface area contributed by atoms with Gasteiger partial charge in [-0.1, -0.05) is 48.0 Å². The molecule has 9 heteroatoms. The lowest BCUT2D eigenvalue weighted by Crippen LogP contribution is -2.59. The molecule has 3 saturated heterocycles. The summed E-state index contributed by atoms with van der Waals surface area (Å²) in [5.74, 6) is -2.23. The summed E-state index contributed by atoms with van der Waals surface area (Å²) in [5, 5.41) is 16.1. The first kappa shape index (κ1) is 25.1. The molecule has 34 heavy (non-hydrogen) atoms. The number of aliphatic hydroxyl groups excluding tert-OH is 1. The van der Waals surface area contributed by atoms with E-state index in [1.165, 1.54) is 4.90 Å². The second kappa shape index (κ2) is 9.59. The van der Waals surface area contributed by atoms with Crippen LogP contribution in [-0.2, 0) is 19.1 Å². The standard InChI is InChI=1S/C25H34BrN3O5/c1-13(2)10-16(12-30)29-21(23(32)27-14(3)4)25-11-17(26)20(34-25)18(19(25)24(29)33)22(31)28-15-8-6-5-7-9-15/h5-9,13-14,16-21,30H,10-12H2,1-4H3,(H,27,32)(H,28,31)/t16-,17?,18-,19+,20-,21?,25?/m1/s1. The number of ether oxygens (including phenoxy) is 1. The number of para-hydroxylation sites is 1. The second-order valence-electron chi connectivity index (χ2n) is 10.4. The number of fused-ring (bicyclic) bond motifs is 1. The van der Waals surface area contributed by atoms with Crippen molar-refractivity contribution in [3.05, 3.63) is 30.3 Å². The van der Waals surface area contributed by atoms with E-state index >= 15 is 0 Å². The van der Waals surface area contributed by atoms with Crippen LogP contribution in [0, 0.1) is 17.8 Å². The van der Waals surface area contributed by atoms with Crippen molar-refractivity contribution in [1.29, 1.82) is 0 Å². The molecular formula is C25H34BrN3O5. The van der Waals surface area contributed by atoms with Gasteiger partial charge in [-0.05, 0) is 44.7 Å². The molecule has 3 N–H and O–H groups in total. The van der Waals surface area contributed by atoms with Gasteiger partial charge in [0.1, 0.15) is 11.6 Å². The van der Waals surface area contributed by atoms with Gasteiger partial charge < -0.3 is 25.4 Å². The average Bonchev–Trinajstić information content (AvgIpc) is 3.35. The highest BCUT2D eigenvalue weighted by atomic mass is 79.9. The average molecular weight is 536 g/mol. The third kappa shape index (κ3) is 4.16. The SMILES string of the molecule is CC(C)C[C@H](CO)N1C(=O)[C@@H]2[C@@H](C(=O)Nc3ccccc3)[C@@H]3OC2(CC3Br)C1C(=O)NC(C)C. The van der Waals surface area contributed by atoms with Crippen LogP contribution in [0.3, 0.4) is 0 Å². The normalized spacial score (nSPS) is 32.9. The topological polar surface area (TPSA) is 108 Å². The molecule has 4 rings (SSSR count). The molecule has 3 fully saturated rings. The Labute approximate surface area is 208 Å². The zero-order chi connectivity index (χ0) is 24.8. The summed E-state index contributed by atoms with van der Waals surface area (Å²) in [6.45, 7) is 7.49. The Morgan fingerprint density at radius 3 is 2.47 bits per heavy atom. The number of likely N-dealkylation sites (tertiary alicyclic amines) is 1. The number of carbonyl (C=O) groups excluding carboxylic acids is 3. The summed E-state index contributed by atoms with van der Waals surface area (Å²) in [7, 11) is 0. The first-order chi connectivity index (χ1) is 16.1. The third-order valence-corrected chi connectivity index (χ3v) is 7.94. The Kier molecular flexibility index (Phi) is 7.09. The van der Waals surface area contributed by atoms with Crippen molar-refractivity contribution in [3.63, 3.8) is 0 Å². The van der Waals surface area contributed by atoms with Crippen LogP contribution in [0.25, 0.3) is 0 Å². The predicted octanol–water partition coefficient (Wildman–Crippen LogP) is 2.30. The molecule has 2 bridgehead atoms.